The van der Waals surface area contributed by atoms with Crippen LogP contribution in [0.5, 0.6) is 0 Å². The summed E-state index contributed by atoms with van der Waals surface area (Å²) < 4.78 is 1.38. The molecule has 0 spiro atoms. The predicted octanol–water partition coefficient (Wildman–Crippen LogP) is 2.18. The molecule has 4 N–H and O–H groups in total. The summed E-state index contributed by atoms with van der Waals surface area (Å²) in [6.45, 7) is 1.51. The Labute approximate surface area is 185 Å². The van der Waals surface area contributed by atoms with Gasteiger partial charge in [-0.1, -0.05) is 41.4 Å². The zero-order chi connectivity index (χ0) is 22.3. The fourth-order valence-corrected chi connectivity index (χ4v) is 3.63. The van der Waals surface area contributed by atoms with Gasteiger partial charge in [-0.3, -0.25) is 20.2 Å². The largest absolute Gasteiger partial charge is 0.368 e. The molecule has 4 amide bonds. The lowest BCUT2D eigenvalue weighted by Crippen LogP contribution is -2.65. The van der Waals surface area contributed by atoms with Crippen molar-refractivity contribution >= 4 is 52.7 Å². The number of aryl methyl sites for hydroxylation is 1. The van der Waals surface area contributed by atoms with Crippen molar-refractivity contribution in [2.45, 2.75) is 12.5 Å². The molecule has 158 valence electrons. The lowest BCUT2D eigenvalue weighted by atomic mass is 9.90. The van der Waals surface area contributed by atoms with E-state index in [1.54, 1.807) is 30.3 Å². The number of nitrogens with zero attached hydrogens (tertiary/aromatic N) is 3. The van der Waals surface area contributed by atoms with Crippen LogP contribution in [-0.2, 0) is 15.2 Å². The number of aliphatic hydroxyl groups is 1. The first-order chi connectivity index (χ1) is 14.7. The molecule has 12 heteroatoms. The molecule has 0 unspecified atom stereocenters. The maximum Gasteiger partial charge on any atom is 0.328 e. The number of urea groups is 1. The lowest BCUT2D eigenvalue weighted by Gasteiger charge is -2.29. The molecule has 0 atom stereocenters. The molecule has 1 fully saturated rings. The van der Waals surface area contributed by atoms with Gasteiger partial charge in [-0.05, 0) is 25.1 Å². The van der Waals surface area contributed by atoms with E-state index in [4.69, 9.17) is 23.2 Å². The Morgan fingerprint density at radius 3 is 2.35 bits per heavy atom. The van der Waals surface area contributed by atoms with Gasteiger partial charge in [0.25, 0.3) is 17.4 Å². The van der Waals surface area contributed by atoms with Crippen molar-refractivity contribution in [2.75, 3.05) is 5.32 Å². The van der Waals surface area contributed by atoms with Crippen molar-refractivity contribution in [2.24, 2.45) is 0 Å². The summed E-state index contributed by atoms with van der Waals surface area (Å²) in [7, 11) is 0. The van der Waals surface area contributed by atoms with Gasteiger partial charge < -0.3 is 10.4 Å². The van der Waals surface area contributed by atoms with Crippen LogP contribution in [0.25, 0.3) is 5.69 Å². The zero-order valence-electron chi connectivity index (χ0n) is 15.8. The maximum atomic E-state index is 12.6. The Morgan fingerprint density at radius 2 is 1.74 bits per heavy atom. The number of pyridine rings is 1. The number of hydrogen-bond acceptors (Lipinski definition) is 7. The van der Waals surface area contributed by atoms with E-state index in [1.807, 2.05) is 10.6 Å². The number of anilines is 2. The fourth-order valence-electron chi connectivity index (χ4n) is 3.20. The van der Waals surface area contributed by atoms with E-state index in [1.165, 1.54) is 23.9 Å². The number of barbiturate groups is 1. The van der Waals surface area contributed by atoms with E-state index in [2.05, 4.69) is 15.4 Å². The third kappa shape index (κ3) is 3.50. The number of aromatic nitrogens is 3. The zero-order valence-corrected chi connectivity index (χ0v) is 17.3. The smallest absolute Gasteiger partial charge is 0.328 e. The molecule has 0 bridgehead atoms. The summed E-state index contributed by atoms with van der Waals surface area (Å²) >= 11 is 12.1. The molecule has 1 aliphatic heterocycles. The van der Waals surface area contributed by atoms with Gasteiger partial charge >= 0.3 is 6.03 Å². The van der Waals surface area contributed by atoms with Gasteiger partial charge in [0.1, 0.15) is 11.6 Å². The van der Waals surface area contributed by atoms with E-state index in [0.717, 1.165) is 0 Å². The Hall–Kier alpha value is -3.47. The van der Waals surface area contributed by atoms with E-state index < -0.39 is 23.4 Å². The van der Waals surface area contributed by atoms with Crippen LogP contribution >= 0.6 is 23.2 Å². The first kappa shape index (κ1) is 20.8. The molecule has 31 heavy (non-hydrogen) atoms. The minimum absolute atomic E-state index is 0.0440. The van der Waals surface area contributed by atoms with Gasteiger partial charge in [-0.15, -0.1) is 0 Å². The highest BCUT2D eigenvalue weighted by Gasteiger charge is 2.54. The lowest BCUT2D eigenvalue weighted by molar-refractivity contribution is -0.155. The first-order valence-electron chi connectivity index (χ1n) is 8.84. The van der Waals surface area contributed by atoms with Crippen molar-refractivity contribution in [3.8, 4) is 5.69 Å². The molecule has 3 heterocycles. The van der Waals surface area contributed by atoms with Crippen LogP contribution in [0.3, 0.4) is 0 Å². The highest BCUT2D eigenvalue weighted by Crippen LogP contribution is 2.37. The molecule has 1 aromatic carbocycles. The summed E-state index contributed by atoms with van der Waals surface area (Å²) in [5.74, 6) is -2.24. The number of amides is 4. The second kappa shape index (κ2) is 7.65. The fraction of sp³-hybridized carbons (Fsp3) is 0.105. The summed E-state index contributed by atoms with van der Waals surface area (Å²) in [6, 6.07) is 9.19. The molecule has 1 saturated heterocycles. The van der Waals surface area contributed by atoms with Crippen molar-refractivity contribution in [1.29, 1.82) is 0 Å². The van der Waals surface area contributed by atoms with Crippen LogP contribution in [0.1, 0.15) is 11.3 Å². The van der Waals surface area contributed by atoms with Crippen LogP contribution in [0.4, 0.5) is 16.4 Å². The van der Waals surface area contributed by atoms with Crippen molar-refractivity contribution < 1.29 is 19.5 Å². The number of carbonyl (C=O) groups is 3. The van der Waals surface area contributed by atoms with Crippen molar-refractivity contribution in [3.63, 3.8) is 0 Å². The number of hydrogen-bond donors (Lipinski definition) is 4. The minimum Gasteiger partial charge on any atom is -0.368 e. The number of benzene rings is 1. The van der Waals surface area contributed by atoms with Crippen LogP contribution in [0, 0.1) is 6.92 Å². The van der Waals surface area contributed by atoms with E-state index in [-0.39, 0.29) is 27.9 Å². The molecule has 2 aromatic heterocycles. The van der Waals surface area contributed by atoms with Gasteiger partial charge in [0.15, 0.2) is 0 Å². The SMILES string of the molecule is Cc1nn(-c2ccccc2)c(Nc2ncc(Cl)cc2Cl)c1C1(O)C(=O)NC(=O)NC1=O. The molecular weight excluding hydrogens is 447 g/mol. The molecular formula is C19H14Cl2N6O4. The number of para-hydroxylation sites is 1. The van der Waals surface area contributed by atoms with Crippen molar-refractivity contribution in [3.05, 3.63) is 63.9 Å². The average molecular weight is 461 g/mol. The Bertz CT molecular complexity index is 1210. The third-order valence-corrected chi connectivity index (χ3v) is 5.07. The average Bonchev–Trinajstić information content (AvgIpc) is 3.05. The number of carbonyl (C=O) groups excluding carboxylic acids is 3. The van der Waals surface area contributed by atoms with Gasteiger partial charge in [0, 0.05) is 6.20 Å². The Morgan fingerprint density at radius 1 is 1.10 bits per heavy atom. The molecule has 10 nitrogen and oxygen atoms in total. The predicted molar refractivity (Wildman–Crippen MR) is 111 cm³/mol. The van der Waals surface area contributed by atoms with Crippen LogP contribution in [-0.4, -0.2) is 37.7 Å². The topological polar surface area (TPSA) is 138 Å². The Kier molecular flexibility index (Phi) is 5.13. The number of rotatable bonds is 4. The van der Waals surface area contributed by atoms with E-state index >= 15 is 0 Å². The summed E-state index contributed by atoms with van der Waals surface area (Å²) in [4.78, 5) is 40.8. The molecule has 0 radical (unpaired) electrons. The maximum absolute atomic E-state index is 12.6. The Balaban J connectivity index is 1.95. The second-order valence-corrected chi connectivity index (χ2v) is 7.46. The van der Waals surface area contributed by atoms with Gasteiger partial charge in [0.2, 0.25) is 0 Å². The quantitative estimate of drug-likeness (QED) is 0.437. The number of imide groups is 2. The minimum atomic E-state index is -2.74. The summed E-state index contributed by atoms with van der Waals surface area (Å²) in [6.07, 6.45) is 1.35. The van der Waals surface area contributed by atoms with Gasteiger partial charge in [-0.25, -0.2) is 14.5 Å². The van der Waals surface area contributed by atoms with E-state index in [9.17, 15) is 19.5 Å². The highest BCUT2D eigenvalue weighted by molar-refractivity contribution is 6.36. The van der Waals surface area contributed by atoms with Crippen LogP contribution < -0.4 is 16.0 Å². The standard InChI is InChI=1S/C19H14Cl2N6O4/c1-9-13(19(31)16(28)24-18(30)25-17(19)29)15(23-14-12(21)7-10(20)8-22-14)27(26-9)11-5-3-2-4-6-11/h2-8,31H,1H3,(H,22,23)(H2,24,25,28,29,30). The van der Waals surface area contributed by atoms with Gasteiger partial charge in [0.05, 0.1) is 27.0 Å². The van der Waals surface area contributed by atoms with E-state index in [0.29, 0.717) is 10.7 Å². The molecule has 0 saturated carbocycles. The van der Waals surface area contributed by atoms with Gasteiger partial charge in [-0.2, -0.15) is 5.10 Å². The molecule has 4 rings (SSSR count). The normalized spacial score (nSPS) is 15.4. The molecule has 1 aliphatic rings. The molecule has 0 aliphatic carbocycles. The first-order valence-corrected chi connectivity index (χ1v) is 9.60. The third-order valence-electron chi connectivity index (χ3n) is 4.58. The number of nitrogens with one attached hydrogen (secondary N) is 3. The van der Waals surface area contributed by atoms with Crippen molar-refractivity contribution in [1.82, 2.24) is 25.4 Å². The molecule has 3 aromatic rings. The number of halogens is 2. The summed E-state index contributed by atoms with van der Waals surface area (Å²) in [5.41, 5.74) is -2.21. The van der Waals surface area contributed by atoms with Crippen LogP contribution in [0.15, 0.2) is 42.6 Å². The highest BCUT2D eigenvalue weighted by atomic mass is 35.5. The summed E-state index contributed by atoms with van der Waals surface area (Å²) in [5, 5.41) is 22.7. The van der Waals surface area contributed by atoms with Crippen LogP contribution in [0.2, 0.25) is 10.0 Å². The second-order valence-electron chi connectivity index (χ2n) is 6.61. The monoisotopic (exact) mass is 460 g/mol.